The second-order valence-corrected chi connectivity index (χ2v) is 7.51. The summed E-state index contributed by atoms with van der Waals surface area (Å²) in [6.45, 7) is 7.07. The number of hydrogen-bond donors (Lipinski definition) is 2. The fourth-order valence-corrected chi connectivity index (χ4v) is 4.75. The standard InChI is InChI=1S/C19H25FN2/c20-19-4-2-1-3-17(19)13-21-7-9-22(10-8-21)14-18-12-15-5-6-16(18)11-15/h1-6,15-16,18H,7-14H2/p+2/t15-,16-,18+/m0/s1. The molecule has 1 aliphatic heterocycles. The van der Waals surface area contributed by atoms with E-state index in [9.17, 15) is 4.39 Å². The number of fused-ring (bicyclic) bond motifs is 2. The van der Waals surface area contributed by atoms with Gasteiger partial charge in [-0.25, -0.2) is 4.39 Å². The summed E-state index contributed by atoms with van der Waals surface area (Å²) in [5.74, 6) is 2.65. The highest BCUT2D eigenvalue weighted by atomic mass is 19.1. The molecule has 1 aromatic rings. The zero-order chi connectivity index (χ0) is 14.9. The zero-order valence-electron chi connectivity index (χ0n) is 13.2. The van der Waals surface area contributed by atoms with Crippen molar-refractivity contribution in [3.05, 3.63) is 47.8 Å². The van der Waals surface area contributed by atoms with Gasteiger partial charge >= 0.3 is 0 Å². The van der Waals surface area contributed by atoms with Crippen LogP contribution < -0.4 is 9.80 Å². The lowest BCUT2D eigenvalue weighted by Gasteiger charge is -2.32. The molecule has 2 N–H and O–H groups in total. The molecule has 2 fully saturated rings. The van der Waals surface area contributed by atoms with Gasteiger partial charge < -0.3 is 9.80 Å². The van der Waals surface area contributed by atoms with Gasteiger partial charge in [0.25, 0.3) is 0 Å². The fraction of sp³-hybridized carbons (Fsp3) is 0.579. The molecule has 1 saturated carbocycles. The first kappa shape index (κ1) is 14.4. The van der Waals surface area contributed by atoms with Crippen molar-refractivity contribution < 1.29 is 14.2 Å². The number of hydrogen-bond acceptors (Lipinski definition) is 0. The second-order valence-electron chi connectivity index (χ2n) is 7.51. The Morgan fingerprint density at radius 2 is 1.73 bits per heavy atom. The van der Waals surface area contributed by atoms with Crippen molar-refractivity contribution in [1.29, 1.82) is 0 Å². The number of quaternary nitrogens is 2. The fourth-order valence-electron chi connectivity index (χ4n) is 4.75. The molecule has 4 rings (SSSR count). The lowest BCUT2D eigenvalue weighted by molar-refractivity contribution is -1.02. The molecule has 1 heterocycles. The Kier molecular flexibility index (Phi) is 4.01. The van der Waals surface area contributed by atoms with Crippen molar-refractivity contribution in [2.45, 2.75) is 19.4 Å². The Morgan fingerprint density at radius 3 is 2.41 bits per heavy atom. The van der Waals surface area contributed by atoms with Crippen LogP contribution in [0.25, 0.3) is 0 Å². The molecule has 0 unspecified atom stereocenters. The first-order valence-corrected chi connectivity index (χ1v) is 8.87. The van der Waals surface area contributed by atoms with Crippen molar-refractivity contribution in [3.8, 4) is 0 Å². The number of halogens is 1. The molecule has 0 aromatic heterocycles. The third-order valence-corrected chi connectivity index (χ3v) is 6.03. The van der Waals surface area contributed by atoms with Gasteiger partial charge in [-0.1, -0.05) is 30.4 Å². The summed E-state index contributed by atoms with van der Waals surface area (Å²) < 4.78 is 13.8. The van der Waals surface area contributed by atoms with Crippen LogP contribution in [0.3, 0.4) is 0 Å². The van der Waals surface area contributed by atoms with Crippen molar-refractivity contribution in [3.63, 3.8) is 0 Å². The quantitative estimate of drug-likeness (QED) is 0.742. The van der Waals surface area contributed by atoms with Crippen molar-refractivity contribution >= 4 is 0 Å². The van der Waals surface area contributed by atoms with Crippen LogP contribution in [-0.2, 0) is 6.54 Å². The normalized spacial score (nSPS) is 36.9. The molecular formula is C19H27FN2+2. The molecule has 3 aliphatic rings. The van der Waals surface area contributed by atoms with E-state index in [0.717, 1.165) is 29.9 Å². The summed E-state index contributed by atoms with van der Waals surface area (Å²) in [5, 5.41) is 0. The first-order chi connectivity index (χ1) is 10.8. The summed E-state index contributed by atoms with van der Waals surface area (Å²) in [5.41, 5.74) is 0.874. The van der Waals surface area contributed by atoms with Crippen molar-refractivity contribution in [2.75, 3.05) is 32.7 Å². The molecule has 2 bridgehead atoms. The minimum absolute atomic E-state index is 0.0430. The molecule has 118 valence electrons. The Hall–Kier alpha value is -1.19. The average Bonchev–Trinajstić information content (AvgIpc) is 3.14. The summed E-state index contributed by atoms with van der Waals surface area (Å²) in [6.07, 6.45) is 7.75. The number of nitrogens with one attached hydrogen (secondary N) is 2. The van der Waals surface area contributed by atoms with Crippen LogP contribution in [-0.4, -0.2) is 32.7 Å². The van der Waals surface area contributed by atoms with Gasteiger partial charge in [-0.3, -0.25) is 0 Å². The van der Waals surface area contributed by atoms with E-state index in [4.69, 9.17) is 0 Å². The maximum atomic E-state index is 13.8. The molecule has 1 aromatic carbocycles. The maximum Gasteiger partial charge on any atom is 0.132 e. The third kappa shape index (κ3) is 2.97. The van der Waals surface area contributed by atoms with Crippen LogP contribution in [0.5, 0.6) is 0 Å². The van der Waals surface area contributed by atoms with Gasteiger partial charge in [-0.15, -0.1) is 0 Å². The summed E-state index contributed by atoms with van der Waals surface area (Å²) in [6, 6.07) is 7.24. The highest BCUT2D eigenvalue weighted by Gasteiger charge is 2.38. The Morgan fingerprint density at radius 1 is 0.955 bits per heavy atom. The van der Waals surface area contributed by atoms with E-state index in [1.807, 2.05) is 12.1 Å². The van der Waals surface area contributed by atoms with Gasteiger partial charge in [0.05, 0.1) is 6.54 Å². The zero-order valence-corrected chi connectivity index (χ0v) is 13.2. The van der Waals surface area contributed by atoms with E-state index < -0.39 is 0 Å². The number of allylic oxidation sites excluding steroid dienone is 2. The van der Waals surface area contributed by atoms with Crippen LogP contribution in [0.4, 0.5) is 4.39 Å². The van der Waals surface area contributed by atoms with Crippen LogP contribution in [0.2, 0.25) is 0 Å². The largest absolute Gasteiger partial charge is 0.325 e. The van der Waals surface area contributed by atoms with E-state index in [0.29, 0.717) is 0 Å². The van der Waals surface area contributed by atoms with Crippen molar-refractivity contribution in [2.24, 2.45) is 17.8 Å². The molecule has 2 nitrogen and oxygen atoms in total. The topological polar surface area (TPSA) is 8.88 Å². The smallest absolute Gasteiger partial charge is 0.132 e. The minimum Gasteiger partial charge on any atom is -0.325 e. The number of piperazine rings is 1. The molecule has 2 aliphatic carbocycles. The minimum atomic E-state index is -0.0430. The lowest BCUT2D eigenvalue weighted by atomic mass is 9.93. The van der Waals surface area contributed by atoms with E-state index in [-0.39, 0.29) is 5.82 Å². The second kappa shape index (κ2) is 6.13. The Bertz CT molecular complexity index is 548. The van der Waals surface area contributed by atoms with Gasteiger partial charge in [0.15, 0.2) is 0 Å². The maximum absolute atomic E-state index is 13.8. The molecule has 0 radical (unpaired) electrons. The van der Waals surface area contributed by atoms with Gasteiger partial charge in [-0.2, -0.15) is 0 Å². The number of benzene rings is 1. The summed E-state index contributed by atoms with van der Waals surface area (Å²) in [4.78, 5) is 3.32. The predicted octanol–water partition coefficient (Wildman–Crippen LogP) is 0.321. The molecule has 0 spiro atoms. The molecule has 1 saturated heterocycles. The van der Waals surface area contributed by atoms with Crippen LogP contribution in [0.1, 0.15) is 18.4 Å². The Balaban J connectivity index is 1.26. The molecule has 3 atom stereocenters. The van der Waals surface area contributed by atoms with E-state index in [1.54, 1.807) is 21.9 Å². The summed E-state index contributed by atoms with van der Waals surface area (Å²) in [7, 11) is 0. The molecular weight excluding hydrogens is 275 g/mol. The summed E-state index contributed by atoms with van der Waals surface area (Å²) >= 11 is 0. The lowest BCUT2D eigenvalue weighted by Crippen LogP contribution is -3.27. The highest BCUT2D eigenvalue weighted by molar-refractivity contribution is 5.15. The first-order valence-electron chi connectivity index (χ1n) is 8.87. The average molecular weight is 302 g/mol. The predicted molar refractivity (Wildman–Crippen MR) is 85.2 cm³/mol. The molecule has 22 heavy (non-hydrogen) atoms. The van der Waals surface area contributed by atoms with E-state index in [2.05, 4.69) is 12.2 Å². The number of rotatable bonds is 4. The SMILES string of the molecule is Fc1ccccc1C[NH+]1CC[NH+](C[C@H]2C[C@H]3C=C[C@H]2C3)CC1. The highest BCUT2D eigenvalue weighted by Crippen LogP contribution is 2.42. The monoisotopic (exact) mass is 302 g/mol. The molecule has 0 amide bonds. The van der Waals surface area contributed by atoms with E-state index >= 15 is 0 Å². The van der Waals surface area contributed by atoms with E-state index in [1.165, 1.54) is 45.6 Å². The van der Waals surface area contributed by atoms with Crippen LogP contribution in [0, 0.1) is 23.6 Å². The third-order valence-electron chi connectivity index (χ3n) is 6.03. The van der Waals surface area contributed by atoms with Gasteiger partial charge in [0.2, 0.25) is 0 Å². The van der Waals surface area contributed by atoms with Crippen LogP contribution >= 0.6 is 0 Å². The van der Waals surface area contributed by atoms with Crippen LogP contribution in [0.15, 0.2) is 36.4 Å². The van der Waals surface area contributed by atoms with Gasteiger partial charge in [0.1, 0.15) is 38.5 Å². The molecule has 3 heteroatoms. The van der Waals surface area contributed by atoms with Crippen molar-refractivity contribution in [1.82, 2.24) is 0 Å². The van der Waals surface area contributed by atoms with Gasteiger partial charge in [0, 0.05) is 11.5 Å². The Labute approximate surface area is 132 Å². The van der Waals surface area contributed by atoms with Gasteiger partial charge in [-0.05, 0) is 30.7 Å².